The Bertz CT molecular complexity index is 325. The Hall–Kier alpha value is -0.760. The minimum Gasteiger partial charge on any atom is -0.466 e. The van der Waals surface area contributed by atoms with Gasteiger partial charge in [0.2, 0.25) is 0 Å². The molecule has 1 aliphatic rings. The van der Waals surface area contributed by atoms with Crippen molar-refractivity contribution in [3.8, 4) is 0 Å². The van der Waals surface area contributed by atoms with Crippen molar-refractivity contribution < 1.29 is 4.42 Å². The molecule has 1 aromatic rings. The monoisotopic (exact) mass is 207 g/mol. The molecule has 15 heavy (non-hydrogen) atoms. The van der Waals surface area contributed by atoms with E-state index >= 15 is 0 Å². The zero-order valence-corrected chi connectivity index (χ0v) is 9.97. The summed E-state index contributed by atoms with van der Waals surface area (Å²) >= 11 is 0. The predicted octanol–water partition coefficient (Wildman–Crippen LogP) is 3.17. The molecule has 1 aromatic heterocycles. The fourth-order valence-electron chi connectivity index (χ4n) is 2.24. The first-order valence-electron chi connectivity index (χ1n) is 5.96. The maximum absolute atomic E-state index is 5.51. The minimum atomic E-state index is 0.647. The van der Waals surface area contributed by atoms with Crippen molar-refractivity contribution in [1.29, 1.82) is 0 Å². The van der Waals surface area contributed by atoms with Crippen LogP contribution in [-0.4, -0.2) is 6.04 Å². The third-order valence-corrected chi connectivity index (χ3v) is 3.62. The van der Waals surface area contributed by atoms with Gasteiger partial charge in [0.1, 0.15) is 11.5 Å². The molecule has 0 amide bonds. The first-order valence-corrected chi connectivity index (χ1v) is 5.96. The first kappa shape index (κ1) is 10.7. The molecule has 2 rings (SSSR count). The van der Waals surface area contributed by atoms with Crippen LogP contribution in [-0.2, 0) is 6.54 Å². The van der Waals surface area contributed by atoms with Crippen LogP contribution in [0.15, 0.2) is 10.5 Å². The highest BCUT2D eigenvalue weighted by molar-refractivity contribution is 5.19. The molecule has 0 radical (unpaired) electrons. The van der Waals surface area contributed by atoms with Gasteiger partial charge >= 0.3 is 0 Å². The quantitative estimate of drug-likeness (QED) is 0.820. The average Bonchev–Trinajstić information content (AvgIpc) is 2.38. The molecular weight excluding hydrogens is 186 g/mol. The fourth-order valence-corrected chi connectivity index (χ4v) is 2.24. The molecule has 0 saturated heterocycles. The molecule has 1 N–H and O–H groups in total. The summed E-state index contributed by atoms with van der Waals surface area (Å²) in [6.45, 7) is 7.29. The topological polar surface area (TPSA) is 25.2 Å². The standard InChI is InChI=1S/C13H21NO/c1-9-7-13(11(3)15-9)8-14-10(2)12-5-4-6-12/h7,10,12,14H,4-6,8H2,1-3H3. The molecule has 84 valence electrons. The van der Waals surface area contributed by atoms with Crippen molar-refractivity contribution in [2.75, 3.05) is 0 Å². The van der Waals surface area contributed by atoms with E-state index in [-0.39, 0.29) is 0 Å². The molecule has 0 bridgehead atoms. The van der Waals surface area contributed by atoms with E-state index in [1.165, 1.54) is 24.8 Å². The van der Waals surface area contributed by atoms with E-state index in [0.29, 0.717) is 6.04 Å². The Kier molecular flexibility index (Phi) is 3.15. The SMILES string of the molecule is Cc1cc(CNC(C)C2CCC2)c(C)o1. The largest absolute Gasteiger partial charge is 0.466 e. The van der Waals surface area contributed by atoms with Gasteiger partial charge < -0.3 is 9.73 Å². The summed E-state index contributed by atoms with van der Waals surface area (Å²) in [5.41, 5.74) is 1.30. The maximum Gasteiger partial charge on any atom is 0.105 e. The summed E-state index contributed by atoms with van der Waals surface area (Å²) in [5.74, 6) is 2.97. The van der Waals surface area contributed by atoms with Gasteiger partial charge in [-0.25, -0.2) is 0 Å². The molecule has 1 saturated carbocycles. The van der Waals surface area contributed by atoms with Gasteiger partial charge in [-0.15, -0.1) is 0 Å². The lowest BCUT2D eigenvalue weighted by Gasteiger charge is -2.32. The molecule has 1 fully saturated rings. The minimum absolute atomic E-state index is 0.647. The van der Waals surface area contributed by atoms with Gasteiger partial charge in [0.05, 0.1) is 0 Å². The number of rotatable bonds is 4. The van der Waals surface area contributed by atoms with Crippen LogP contribution in [0.1, 0.15) is 43.3 Å². The van der Waals surface area contributed by atoms with Gasteiger partial charge in [-0.1, -0.05) is 6.42 Å². The molecule has 1 atom stereocenters. The zero-order valence-electron chi connectivity index (χ0n) is 9.97. The third-order valence-electron chi connectivity index (χ3n) is 3.62. The summed E-state index contributed by atoms with van der Waals surface area (Å²) in [6.07, 6.45) is 4.22. The highest BCUT2D eigenvalue weighted by Gasteiger charge is 2.23. The van der Waals surface area contributed by atoms with E-state index in [2.05, 4.69) is 18.3 Å². The van der Waals surface area contributed by atoms with E-state index in [0.717, 1.165) is 24.0 Å². The number of furan rings is 1. The zero-order chi connectivity index (χ0) is 10.8. The smallest absolute Gasteiger partial charge is 0.105 e. The van der Waals surface area contributed by atoms with Crippen molar-refractivity contribution in [3.05, 3.63) is 23.2 Å². The summed E-state index contributed by atoms with van der Waals surface area (Å²) in [4.78, 5) is 0. The van der Waals surface area contributed by atoms with Crippen molar-refractivity contribution >= 4 is 0 Å². The van der Waals surface area contributed by atoms with Crippen molar-refractivity contribution in [2.24, 2.45) is 5.92 Å². The summed E-state index contributed by atoms with van der Waals surface area (Å²) in [7, 11) is 0. The highest BCUT2D eigenvalue weighted by Crippen LogP contribution is 2.29. The number of hydrogen-bond donors (Lipinski definition) is 1. The van der Waals surface area contributed by atoms with Crippen LogP contribution in [0.2, 0.25) is 0 Å². The van der Waals surface area contributed by atoms with Crippen LogP contribution in [0.4, 0.5) is 0 Å². The molecule has 2 heteroatoms. The summed E-state index contributed by atoms with van der Waals surface area (Å²) < 4.78 is 5.51. The second kappa shape index (κ2) is 4.40. The Morgan fingerprint density at radius 2 is 2.20 bits per heavy atom. The lowest BCUT2D eigenvalue weighted by molar-refractivity contribution is 0.240. The molecule has 0 spiro atoms. The predicted molar refractivity (Wildman–Crippen MR) is 61.8 cm³/mol. The van der Waals surface area contributed by atoms with Crippen molar-refractivity contribution in [1.82, 2.24) is 5.32 Å². The number of hydrogen-bond acceptors (Lipinski definition) is 2. The van der Waals surface area contributed by atoms with Crippen LogP contribution in [0, 0.1) is 19.8 Å². The van der Waals surface area contributed by atoms with Gasteiger partial charge in [0.15, 0.2) is 0 Å². The molecular formula is C13H21NO. The van der Waals surface area contributed by atoms with Gasteiger partial charge in [-0.05, 0) is 45.6 Å². The van der Waals surface area contributed by atoms with Gasteiger partial charge in [0.25, 0.3) is 0 Å². The van der Waals surface area contributed by atoms with E-state index in [1.54, 1.807) is 0 Å². The maximum atomic E-state index is 5.51. The molecule has 2 nitrogen and oxygen atoms in total. The second-order valence-electron chi connectivity index (χ2n) is 4.80. The lowest BCUT2D eigenvalue weighted by Crippen LogP contribution is -2.36. The second-order valence-corrected chi connectivity index (χ2v) is 4.80. The molecule has 0 aliphatic heterocycles. The normalized spacial score (nSPS) is 18.9. The summed E-state index contributed by atoms with van der Waals surface area (Å²) in [5, 5.41) is 3.60. The van der Waals surface area contributed by atoms with Crippen LogP contribution in [0.3, 0.4) is 0 Å². The van der Waals surface area contributed by atoms with Gasteiger partial charge in [-0.3, -0.25) is 0 Å². The average molecular weight is 207 g/mol. The fraction of sp³-hybridized carbons (Fsp3) is 0.692. The Morgan fingerprint density at radius 3 is 2.67 bits per heavy atom. The van der Waals surface area contributed by atoms with Gasteiger partial charge in [0, 0.05) is 18.2 Å². The third kappa shape index (κ3) is 2.43. The van der Waals surface area contributed by atoms with Crippen LogP contribution < -0.4 is 5.32 Å². The number of aryl methyl sites for hydroxylation is 2. The van der Waals surface area contributed by atoms with Crippen LogP contribution in [0.25, 0.3) is 0 Å². The molecule has 1 heterocycles. The van der Waals surface area contributed by atoms with Crippen LogP contribution in [0.5, 0.6) is 0 Å². The molecule has 0 aromatic carbocycles. The summed E-state index contributed by atoms with van der Waals surface area (Å²) in [6, 6.07) is 2.78. The van der Waals surface area contributed by atoms with Crippen LogP contribution >= 0.6 is 0 Å². The van der Waals surface area contributed by atoms with E-state index < -0.39 is 0 Å². The van der Waals surface area contributed by atoms with E-state index in [4.69, 9.17) is 4.42 Å². The lowest BCUT2D eigenvalue weighted by atomic mass is 9.80. The first-order chi connectivity index (χ1) is 7.16. The number of nitrogens with one attached hydrogen (secondary N) is 1. The van der Waals surface area contributed by atoms with Crippen molar-refractivity contribution in [3.63, 3.8) is 0 Å². The van der Waals surface area contributed by atoms with E-state index in [9.17, 15) is 0 Å². The Labute approximate surface area is 92.1 Å². The van der Waals surface area contributed by atoms with E-state index in [1.807, 2.05) is 13.8 Å². The van der Waals surface area contributed by atoms with Crippen molar-refractivity contribution in [2.45, 2.75) is 52.6 Å². The highest BCUT2D eigenvalue weighted by atomic mass is 16.3. The molecule has 1 aliphatic carbocycles. The molecule has 1 unspecified atom stereocenters. The van der Waals surface area contributed by atoms with Gasteiger partial charge in [-0.2, -0.15) is 0 Å². The Balaban J connectivity index is 1.84. The Morgan fingerprint density at radius 1 is 1.47 bits per heavy atom.